The van der Waals surface area contributed by atoms with Crippen LogP contribution < -0.4 is 0 Å². The van der Waals surface area contributed by atoms with Gasteiger partial charge in [-0.2, -0.15) is 11.8 Å². The quantitative estimate of drug-likeness (QED) is 0.807. The van der Waals surface area contributed by atoms with Crippen molar-refractivity contribution < 1.29 is 4.74 Å². The molecule has 1 nitrogen and oxygen atoms in total. The summed E-state index contributed by atoms with van der Waals surface area (Å²) in [7, 11) is 0. The average molecular weight is 284 g/mol. The smallest absolute Gasteiger partial charge is 0.0898 e. The third kappa shape index (κ3) is 2.92. The maximum atomic E-state index is 6.33. The van der Waals surface area contributed by atoms with E-state index in [2.05, 4.69) is 66.9 Å². The van der Waals surface area contributed by atoms with Crippen molar-refractivity contribution in [1.29, 1.82) is 0 Å². The van der Waals surface area contributed by atoms with E-state index in [4.69, 9.17) is 4.74 Å². The van der Waals surface area contributed by atoms with Gasteiger partial charge in [0.15, 0.2) is 0 Å². The van der Waals surface area contributed by atoms with Crippen LogP contribution in [0, 0.1) is 0 Å². The molecule has 0 saturated carbocycles. The molecule has 1 aliphatic rings. The van der Waals surface area contributed by atoms with Crippen LogP contribution in [-0.4, -0.2) is 18.1 Å². The molecule has 3 atom stereocenters. The molecular formula is C18H20OS. The summed E-state index contributed by atoms with van der Waals surface area (Å²) in [6.07, 6.45) is 3.82. The Bertz CT molecular complexity index is 478. The van der Waals surface area contributed by atoms with Gasteiger partial charge in [0.2, 0.25) is 0 Å². The second-order valence-corrected chi connectivity index (χ2v) is 6.21. The summed E-state index contributed by atoms with van der Waals surface area (Å²) >= 11 is 1.87. The summed E-state index contributed by atoms with van der Waals surface area (Å²) in [5.41, 5.74) is 2.69. The van der Waals surface area contributed by atoms with E-state index in [0.717, 1.165) is 12.2 Å². The van der Waals surface area contributed by atoms with Crippen LogP contribution in [0.1, 0.15) is 29.6 Å². The molecule has 0 unspecified atom stereocenters. The average Bonchev–Trinajstić information content (AvgIpc) is 2.93. The van der Waals surface area contributed by atoms with Crippen molar-refractivity contribution in [1.82, 2.24) is 0 Å². The van der Waals surface area contributed by atoms with Crippen LogP contribution in [0.2, 0.25) is 0 Å². The highest BCUT2D eigenvalue weighted by atomic mass is 32.2. The van der Waals surface area contributed by atoms with Crippen LogP contribution in [0.25, 0.3) is 0 Å². The minimum Gasteiger partial charge on any atom is -0.369 e. The van der Waals surface area contributed by atoms with Crippen LogP contribution in [0.4, 0.5) is 0 Å². The third-order valence-electron chi connectivity index (χ3n) is 3.93. The van der Waals surface area contributed by atoms with Crippen LogP contribution in [0.3, 0.4) is 0 Å². The fourth-order valence-electron chi connectivity index (χ4n) is 3.02. The van der Waals surface area contributed by atoms with Gasteiger partial charge in [0, 0.05) is 11.7 Å². The Kier molecular flexibility index (Phi) is 4.44. The van der Waals surface area contributed by atoms with Gasteiger partial charge in [-0.25, -0.2) is 0 Å². The van der Waals surface area contributed by atoms with Gasteiger partial charge in [-0.05, 0) is 23.8 Å². The molecule has 0 spiro atoms. The minimum absolute atomic E-state index is 0.191. The number of ether oxygens (including phenoxy) is 1. The van der Waals surface area contributed by atoms with Gasteiger partial charge in [-0.15, -0.1) is 0 Å². The molecule has 1 fully saturated rings. The van der Waals surface area contributed by atoms with Crippen molar-refractivity contribution in [2.75, 3.05) is 12.0 Å². The van der Waals surface area contributed by atoms with E-state index in [0.29, 0.717) is 12.0 Å². The molecule has 1 heterocycles. The lowest BCUT2D eigenvalue weighted by atomic mass is 9.88. The van der Waals surface area contributed by atoms with E-state index >= 15 is 0 Å². The molecule has 0 bridgehead atoms. The van der Waals surface area contributed by atoms with E-state index in [1.54, 1.807) is 0 Å². The van der Waals surface area contributed by atoms with Crippen molar-refractivity contribution in [3.8, 4) is 0 Å². The number of rotatable bonds is 4. The van der Waals surface area contributed by atoms with Crippen molar-refractivity contribution in [2.45, 2.75) is 24.5 Å². The highest BCUT2D eigenvalue weighted by molar-refractivity contribution is 7.98. The van der Waals surface area contributed by atoms with Gasteiger partial charge in [-0.3, -0.25) is 0 Å². The lowest BCUT2D eigenvalue weighted by Gasteiger charge is -2.19. The van der Waals surface area contributed by atoms with Gasteiger partial charge in [-0.1, -0.05) is 60.7 Å². The molecule has 3 rings (SSSR count). The maximum Gasteiger partial charge on any atom is 0.0898 e. The van der Waals surface area contributed by atoms with Crippen LogP contribution in [0.15, 0.2) is 60.7 Å². The highest BCUT2D eigenvalue weighted by Gasteiger charge is 2.36. The Morgan fingerprint density at radius 2 is 1.55 bits per heavy atom. The van der Waals surface area contributed by atoms with Crippen molar-refractivity contribution >= 4 is 11.8 Å². The van der Waals surface area contributed by atoms with E-state index in [1.807, 2.05) is 11.8 Å². The lowest BCUT2D eigenvalue weighted by Crippen LogP contribution is -2.09. The van der Waals surface area contributed by atoms with Gasteiger partial charge in [0.05, 0.1) is 12.2 Å². The topological polar surface area (TPSA) is 9.23 Å². The molecular weight excluding hydrogens is 264 g/mol. The Morgan fingerprint density at radius 1 is 0.950 bits per heavy atom. The summed E-state index contributed by atoms with van der Waals surface area (Å²) in [5.74, 6) is 1.54. The number of hydrogen-bond donors (Lipinski definition) is 0. The largest absolute Gasteiger partial charge is 0.369 e. The zero-order valence-corrected chi connectivity index (χ0v) is 12.6. The Labute approximate surface area is 125 Å². The van der Waals surface area contributed by atoms with Crippen LogP contribution in [0.5, 0.6) is 0 Å². The molecule has 2 heteroatoms. The molecule has 0 aromatic heterocycles. The fourth-order valence-corrected chi connectivity index (χ4v) is 3.61. The second kappa shape index (κ2) is 6.47. The normalized spacial score (nSPS) is 25.8. The predicted molar refractivity (Wildman–Crippen MR) is 86.2 cm³/mol. The van der Waals surface area contributed by atoms with Crippen LogP contribution >= 0.6 is 11.8 Å². The Balaban J connectivity index is 1.89. The maximum absolute atomic E-state index is 6.33. The molecule has 0 N–H and O–H groups in total. The summed E-state index contributed by atoms with van der Waals surface area (Å²) in [6.45, 7) is 0. The molecule has 104 valence electrons. The molecule has 2 aromatic carbocycles. The van der Waals surface area contributed by atoms with Crippen molar-refractivity contribution in [2.24, 2.45) is 0 Å². The van der Waals surface area contributed by atoms with Gasteiger partial charge < -0.3 is 4.74 Å². The number of hydrogen-bond acceptors (Lipinski definition) is 2. The summed E-state index contributed by atoms with van der Waals surface area (Å²) in [5, 5.41) is 0. The molecule has 20 heavy (non-hydrogen) atoms. The standard InChI is InChI=1S/C18H20OS/c1-20-13-16-12-17(14-8-4-2-5-9-14)18(19-16)15-10-6-3-7-11-15/h2-11,16-18H,12-13H2,1H3/t16-,17-,18+/m1/s1. The van der Waals surface area contributed by atoms with Crippen molar-refractivity contribution in [3.63, 3.8) is 0 Å². The first-order chi connectivity index (χ1) is 9.88. The molecule has 0 aliphatic carbocycles. The molecule has 2 aromatic rings. The fraction of sp³-hybridized carbons (Fsp3) is 0.333. The minimum atomic E-state index is 0.191. The zero-order chi connectivity index (χ0) is 13.8. The monoisotopic (exact) mass is 284 g/mol. The van der Waals surface area contributed by atoms with Crippen LogP contribution in [-0.2, 0) is 4.74 Å². The van der Waals surface area contributed by atoms with E-state index in [1.165, 1.54) is 11.1 Å². The zero-order valence-electron chi connectivity index (χ0n) is 11.7. The molecule has 0 amide bonds. The van der Waals surface area contributed by atoms with E-state index < -0.39 is 0 Å². The first-order valence-corrected chi connectivity index (χ1v) is 8.52. The summed E-state index contributed by atoms with van der Waals surface area (Å²) < 4.78 is 6.33. The number of thioether (sulfide) groups is 1. The number of benzene rings is 2. The summed E-state index contributed by atoms with van der Waals surface area (Å²) in [4.78, 5) is 0. The second-order valence-electron chi connectivity index (χ2n) is 5.30. The van der Waals surface area contributed by atoms with Gasteiger partial charge in [0.25, 0.3) is 0 Å². The molecule has 1 aliphatic heterocycles. The first-order valence-electron chi connectivity index (χ1n) is 7.13. The first kappa shape index (κ1) is 13.7. The lowest BCUT2D eigenvalue weighted by molar-refractivity contribution is 0.0536. The molecule has 0 radical (unpaired) electrons. The SMILES string of the molecule is CSC[C@H]1C[C@H](c2ccccc2)[C@H](c2ccccc2)O1. The van der Waals surface area contributed by atoms with Gasteiger partial charge >= 0.3 is 0 Å². The van der Waals surface area contributed by atoms with E-state index in [-0.39, 0.29) is 6.10 Å². The van der Waals surface area contributed by atoms with Gasteiger partial charge in [0.1, 0.15) is 0 Å². The predicted octanol–water partition coefficient (Wildman–Crippen LogP) is 4.66. The van der Waals surface area contributed by atoms with E-state index in [9.17, 15) is 0 Å². The molecule has 1 saturated heterocycles. The van der Waals surface area contributed by atoms with Crippen molar-refractivity contribution in [3.05, 3.63) is 71.8 Å². The Morgan fingerprint density at radius 3 is 2.15 bits per heavy atom. The summed E-state index contributed by atoms with van der Waals surface area (Å²) in [6, 6.07) is 21.4. The highest BCUT2D eigenvalue weighted by Crippen LogP contribution is 2.45. The third-order valence-corrected chi connectivity index (χ3v) is 4.63. The Hall–Kier alpha value is -1.25.